The van der Waals surface area contributed by atoms with Gasteiger partial charge in [-0.1, -0.05) is 133 Å². The lowest BCUT2D eigenvalue weighted by molar-refractivity contribution is 0.396. The number of hydrogen-bond acceptors (Lipinski definition) is 4. The van der Waals surface area contributed by atoms with Crippen molar-refractivity contribution in [1.29, 1.82) is 0 Å². The van der Waals surface area contributed by atoms with Gasteiger partial charge in [0.1, 0.15) is 23.0 Å². The van der Waals surface area contributed by atoms with E-state index in [1.165, 1.54) is 31.1 Å². The van der Waals surface area contributed by atoms with Crippen LogP contribution in [-0.4, -0.2) is 16.1 Å². The second-order valence-corrected chi connectivity index (χ2v) is 20.0. The third-order valence-electron chi connectivity index (χ3n) is 10.5. The molecule has 0 aromatic heterocycles. The second-order valence-electron chi connectivity index (χ2n) is 12.7. The van der Waals surface area contributed by atoms with Crippen molar-refractivity contribution in [2.24, 2.45) is 0 Å². The molecule has 0 atom stereocenters. The van der Waals surface area contributed by atoms with Crippen LogP contribution in [0.3, 0.4) is 0 Å². The molecule has 4 aliphatic heterocycles. The third kappa shape index (κ3) is 3.05. The van der Waals surface area contributed by atoms with Crippen LogP contribution < -0.4 is 60.4 Å². The summed E-state index contributed by atoms with van der Waals surface area (Å²) in [5.74, 6) is 6.35. The van der Waals surface area contributed by atoms with E-state index in [2.05, 4.69) is 158 Å². The Bertz CT molecular complexity index is 2180. The van der Waals surface area contributed by atoms with E-state index in [4.69, 9.17) is 18.9 Å². The Morgan fingerprint density at radius 3 is 0.812 bits per heavy atom. The first kappa shape index (κ1) is 26.3. The van der Waals surface area contributed by atoms with Crippen molar-refractivity contribution in [2.45, 2.75) is 0 Å². The van der Waals surface area contributed by atoms with E-state index in [1.807, 2.05) is 0 Å². The molecule has 0 N–H and O–H groups in total. The fraction of sp³-hybridized carbons (Fsp3) is 0. The molecule has 0 amide bonds. The number of rotatable bonds is 2. The standard InChI is InChI=1S/C42H26O4Si2/c1-3-15-27(16-4-1)47-33-23-11-7-19-29(33)43-37-39-42-40(38(41(37)47)44-30-20-8-12-24-34(30)47)46-32-22-10-14-26-36(32)48(42,28-17-5-2-6-18-28)35-25-13-9-21-31(35)45-39/h1-26H. The molecule has 0 spiro atoms. The normalized spacial score (nSPS) is 15.7. The molecule has 4 nitrogen and oxygen atoms in total. The number of ether oxygens (including phenoxy) is 4. The van der Waals surface area contributed by atoms with Crippen molar-refractivity contribution in [1.82, 2.24) is 0 Å². The fourth-order valence-electron chi connectivity index (χ4n) is 8.75. The lowest BCUT2D eigenvalue weighted by Gasteiger charge is -2.48. The van der Waals surface area contributed by atoms with Gasteiger partial charge in [0.2, 0.25) is 0 Å². The summed E-state index contributed by atoms with van der Waals surface area (Å²) in [6, 6.07) is 55.9. The van der Waals surface area contributed by atoms with Crippen LogP contribution in [0.5, 0.6) is 46.0 Å². The van der Waals surface area contributed by atoms with Crippen LogP contribution in [0.4, 0.5) is 0 Å². The molecule has 11 rings (SSSR count). The van der Waals surface area contributed by atoms with E-state index in [9.17, 15) is 0 Å². The van der Waals surface area contributed by atoms with Crippen molar-refractivity contribution in [2.75, 3.05) is 0 Å². The summed E-state index contributed by atoms with van der Waals surface area (Å²) in [7, 11) is -6.08. The molecule has 7 aromatic rings. The Labute approximate surface area is 279 Å². The smallest absolute Gasteiger partial charge is 0.197 e. The Kier molecular flexibility index (Phi) is 5.13. The lowest BCUT2D eigenvalue weighted by Crippen LogP contribution is -2.80. The van der Waals surface area contributed by atoms with Crippen LogP contribution in [-0.2, 0) is 0 Å². The van der Waals surface area contributed by atoms with Crippen molar-refractivity contribution < 1.29 is 18.9 Å². The van der Waals surface area contributed by atoms with Crippen molar-refractivity contribution in [3.8, 4) is 46.0 Å². The maximum absolute atomic E-state index is 7.14. The van der Waals surface area contributed by atoms with Gasteiger partial charge in [0.25, 0.3) is 0 Å². The monoisotopic (exact) mass is 650 g/mol. The predicted molar refractivity (Wildman–Crippen MR) is 194 cm³/mol. The quantitative estimate of drug-likeness (QED) is 0.251. The van der Waals surface area contributed by atoms with E-state index in [-0.39, 0.29) is 0 Å². The molecular weight excluding hydrogens is 625 g/mol. The number of para-hydroxylation sites is 4. The minimum Gasteiger partial charge on any atom is -0.453 e. The molecule has 4 heterocycles. The molecule has 0 saturated heterocycles. The average molecular weight is 651 g/mol. The third-order valence-corrected chi connectivity index (χ3v) is 20.2. The zero-order valence-corrected chi connectivity index (χ0v) is 27.6. The zero-order valence-electron chi connectivity index (χ0n) is 25.6. The van der Waals surface area contributed by atoms with Crippen molar-refractivity contribution in [3.63, 3.8) is 0 Å². The van der Waals surface area contributed by atoms with Crippen molar-refractivity contribution >= 4 is 57.6 Å². The van der Waals surface area contributed by atoms with Crippen LogP contribution in [0.2, 0.25) is 0 Å². The molecule has 4 aliphatic rings. The number of benzene rings is 7. The summed E-state index contributed by atoms with van der Waals surface area (Å²) < 4.78 is 28.5. The topological polar surface area (TPSA) is 36.9 Å². The predicted octanol–water partition coefficient (Wildman–Crippen LogP) is 4.86. The highest BCUT2D eigenvalue weighted by molar-refractivity contribution is 7.23. The van der Waals surface area contributed by atoms with E-state index in [0.29, 0.717) is 0 Å². The molecule has 6 heteroatoms. The number of fused-ring (bicyclic) bond motifs is 10. The summed E-state index contributed by atoms with van der Waals surface area (Å²) in [5, 5.41) is 9.33. The first-order chi connectivity index (χ1) is 23.8. The van der Waals surface area contributed by atoms with Gasteiger partial charge < -0.3 is 18.9 Å². The first-order valence-electron chi connectivity index (χ1n) is 16.3. The average Bonchev–Trinajstić information content (AvgIpc) is 3.16. The van der Waals surface area contributed by atoms with Gasteiger partial charge in [-0.05, 0) is 55.4 Å². The van der Waals surface area contributed by atoms with Crippen LogP contribution in [0, 0.1) is 0 Å². The van der Waals surface area contributed by atoms with Crippen LogP contribution in [0.15, 0.2) is 158 Å². The molecule has 7 aromatic carbocycles. The van der Waals surface area contributed by atoms with Gasteiger partial charge in [-0.2, -0.15) is 0 Å². The van der Waals surface area contributed by atoms with Gasteiger partial charge in [0.05, 0.1) is 0 Å². The Morgan fingerprint density at radius 1 is 0.271 bits per heavy atom. The lowest BCUT2D eigenvalue weighted by atomic mass is 10.2. The summed E-state index contributed by atoms with van der Waals surface area (Å²) in [6.45, 7) is 0. The van der Waals surface area contributed by atoms with Crippen LogP contribution >= 0.6 is 0 Å². The molecule has 0 bridgehead atoms. The largest absolute Gasteiger partial charge is 0.453 e. The Balaban J connectivity index is 1.38. The van der Waals surface area contributed by atoms with E-state index in [1.54, 1.807) is 0 Å². The van der Waals surface area contributed by atoms with Gasteiger partial charge >= 0.3 is 0 Å². The molecule has 0 saturated carbocycles. The maximum atomic E-state index is 7.14. The molecule has 0 aliphatic carbocycles. The summed E-state index contributed by atoms with van der Waals surface area (Å²) in [6.07, 6.45) is 0. The molecular formula is C42H26O4Si2. The fourth-order valence-corrected chi connectivity index (χ4v) is 19.0. The van der Waals surface area contributed by atoms with Gasteiger partial charge in [-0.3, -0.25) is 0 Å². The minimum atomic E-state index is -3.04. The van der Waals surface area contributed by atoms with E-state index < -0.39 is 16.1 Å². The van der Waals surface area contributed by atoms with Crippen LogP contribution in [0.25, 0.3) is 0 Å². The van der Waals surface area contributed by atoms with Gasteiger partial charge in [0.15, 0.2) is 39.1 Å². The zero-order chi connectivity index (χ0) is 31.5. The summed E-state index contributed by atoms with van der Waals surface area (Å²) in [4.78, 5) is 0. The molecule has 48 heavy (non-hydrogen) atoms. The van der Waals surface area contributed by atoms with Crippen molar-refractivity contribution in [3.05, 3.63) is 158 Å². The highest BCUT2D eigenvalue weighted by atomic mass is 28.3. The highest BCUT2D eigenvalue weighted by Gasteiger charge is 2.61. The molecule has 0 unspecified atom stereocenters. The van der Waals surface area contributed by atoms with Crippen LogP contribution in [0.1, 0.15) is 0 Å². The van der Waals surface area contributed by atoms with Gasteiger partial charge in [0, 0.05) is 10.4 Å². The molecule has 0 fully saturated rings. The minimum absolute atomic E-state index is 0.734. The maximum Gasteiger partial charge on any atom is 0.197 e. The Morgan fingerprint density at radius 2 is 0.521 bits per heavy atom. The molecule has 226 valence electrons. The van der Waals surface area contributed by atoms with Gasteiger partial charge in [-0.25, -0.2) is 0 Å². The first-order valence-corrected chi connectivity index (χ1v) is 20.3. The summed E-state index contributed by atoms with van der Waals surface area (Å²) >= 11 is 0. The second kappa shape index (κ2) is 9.38. The van der Waals surface area contributed by atoms with Gasteiger partial charge in [-0.15, -0.1) is 0 Å². The number of hydrogen-bond donors (Lipinski definition) is 0. The highest BCUT2D eigenvalue weighted by Crippen LogP contribution is 2.52. The van der Waals surface area contributed by atoms with E-state index in [0.717, 1.165) is 56.4 Å². The molecule has 0 radical (unpaired) electrons. The van der Waals surface area contributed by atoms with E-state index >= 15 is 0 Å². The summed E-state index contributed by atoms with van der Waals surface area (Å²) in [5.41, 5.74) is 0. The Hall–Kier alpha value is -5.83. The SMILES string of the molecule is c1ccc([Si]23c4ccccc4Oc4c5c6c(c(c42)Oc2ccccc23)Oc2ccccc2[Si]6(c2ccccc2)c2ccccc2O5)cc1.